The number of hydrogen-bond acceptors (Lipinski definition) is 3. The zero-order valence-corrected chi connectivity index (χ0v) is 7.21. The van der Waals surface area contributed by atoms with E-state index in [-0.39, 0.29) is 4.90 Å². The second-order valence-corrected chi connectivity index (χ2v) is 3.91. The van der Waals surface area contributed by atoms with Gasteiger partial charge in [-0.1, -0.05) is 0 Å². The molecule has 1 aromatic heterocycles. The average Bonchev–Trinajstić information content (AvgIpc) is 2.47. The van der Waals surface area contributed by atoms with Crippen LogP contribution in [-0.2, 0) is 10.2 Å². The van der Waals surface area contributed by atoms with Crippen molar-refractivity contribution in [3.05, 3.63) is 30.5 Å². The Morgan fingerprint density at radius 3 is 2.69 bits per heavy atom. The predicted molar refractivity (Wildman–Crippen MR) is 44.5 cm³/mol. The van der Waals surface area contributed by atoms with Gasteiger partial charge in [-0.15, -0.1) is 3.89 Å². The number of benzene rings is 1. The molecular weight excluding hydrogens is 195 g/mol. The van der Waals surface area contributed by atoms with Crippen LogP contribution in [-0.4, -0.2) is 8.42 Å². The second kappa shape index (κ2) is 2.56. The van der Waals surface area contributed by atoms with E-state index in [1.807, 2.05) is 0 Å². The zero-order valence-electron chi connectivity index (χ0n) is 6.40. The highest BCUT2D eigenvalue weighted by Crippen LogP contribution is 2.20. The molecule has 5 heteroatoms. The van der Waals surface area contributed by atoms with E-state index in [4.69, 9.17) is 4.42 Å². The van der Waals surface area contributed by atoms with Crippen molar-refractivity contribution in [3.63, 3.8) is 0 Å². The van der Waals surface area contributed by atoms with E-state index in [9.17, 15) is 12.3 Å². The molecule has 1 heterocycles. The molecule has 0 amide bonds. The molecule has 68 valence electrons. The Morgan fingerprint density at radius 2 is 2.00 bits per heavy atom. The maximum Gasteiger partial charge on any atom is 0.332 e. The van der Waals surface area contributed by atoms with Crippen molar-refractivity contribution in [1.82, 2.24) is 0 Å². The minimum Gasteiger partial charge on any atom is -0.464 e. The Labute approximate surface area is 74.0 Å². The van der Waals surface area contributed by atoms with Crippen molar-refractivity contribution in [2.45, 2.75) is 4.90 Å². The van der Waals surface area contributed by atoms with Crippen LogP contribution < -0.4 is 0 Å². The summed E-state index contributed by atoms with van der Waals surface area (Å²) in [4.78, 5) is -0.346. The Morgan fingerprint density at radius 1 is 1.23 bits per heavy atom. The minimum atomic E-state index is -4.61. The van der Waals surface area contributed by atoms with E-state index in [1.165, 1.54) is 24.5 Å². The smallest absolute Gasteiger partial charge is 0.332 e. The van der Waals surface area contributed by atoms with Crippen LogP contribution in [0.3, 0.4) is 0 Å². The molecule has 0 saturated heterocycles. The molecule has 2 aromatic rings. The van der Waals surface area contributed by atoms with Gasteiger partial charge in [0.25, 0.3) is 0 Å². The first-order valence-corrected chi connectivity index (χ1v) is 4.88. The van der Waals surface area contributed by atoms with E-state index in [0.717, 1.165) is 0 Å². The third kappa shape index (κ3) is 1.42. The highest BCUT2D eigenvalue weighted by molar-refractivity contribution is 7.86. The molecule has 2 rings (SSSR count). The molecule has 0 radical (unpaired) electrons. The van der Waals surface area contributed by atoms with Crippen LogP contribution in [0, 0.1) is 0 Å². The van der Waals surface area contributed by atoms with E-state index in [0.29, 0.717) is 11.0 Å². The number of furan rings is 1. The van der Waals surface area contributed by atoms with Gasteiger partial charge in [-0.3, -0.25) is 0 Å². The SMILES string of the molecule is O=S(=O)(F)c1ccc2occc2c1. The van der Waals surface area contributed by atoms with Gasteiger partial charge in [0, 0.05) is 5.39 Å². The lowest BCUT2D eigenvalue weighted by molar-refractivity contribution is 0.552. The molecule has 0 spiro atoms. The van der Waals surface area contributed by atoms with Crippen LogP contribution in [0.2, 0.25) is 0 Å². The highest BCUT2D eigenvalue weighted by Gasteiger charge is 2.12. The Bertz CT molecular complexity index is 541. The largest absolute Gasteiger partial charge is 0.464 e. The maximum atomic E-state index is 12.5. The van der Waals surface area contributed by atoms with Crippen molar-refractivity contribution >= 4 is 21.2 Å². The molecule has 0 aliphatic carbocycles. The first-order valence-electron chi connectivity index (χ1n) is 3.49. The normalized spacial score (nSPS) is 12.1. The monoisotopic (exact) mass is 200 g/mol. The fourth-order valence-corrected chi connectivity index (χ4v) is 1.59. The Kier molecular flexibility index (Phi) is 1.63. The van der Waals surface area contributed by atoms with Gasteiger partial charge in [0.05, 0.1) is 11.2 Å². The van der Waals surface area contributed by atoms with Crippen LogP contribution in [0.5, 0.6) is 0 Å². The average molecular weight is 200 g/mol. The molecule has 0 aliphatic rings. The Balaban J connectivity index is 2.75. The lowest BCUT2D eigenvalue weighted by Gasteiger charge is -1.93. The number of halogens is 1. The van der Waals surface area contributed by atoms with Gasteiger partial charge in [-0.2, -0.15) is 8.42 Å². The fraction of sp³-hybridized carbons (Fsp3) is 0. The maximum absolute atomic E-state index is 12.5. The van der Waals surface area contributed by atoms with Gasteiger partial charge in [-0.05, 0) is 24.3 Å². The van der Waals surface area contributed by atoms with Gasteiger partial charge in [-0.25, -0.2) is 0 Å². The summed E-state index contributed by atoms with van der Waals surface area (Å²) in [6.45, 7) is 0. The summed E-state index contributed by atoms with van der Waals surface area (Å²) in [7, 11) is -4.61. The number of rotatable bonds is 1. The summed E-state index contributed by atoms with van der Waals surface area (Å²) < 4.78 is 38.5. The van der Waals surface area contributed by atoms with E-state index < -0.39 is 10.2 Å². The lowest BCUT2D eigenvalue weighted by Crippen LogP contribution is -1.90. The lowest BCUT2D eigenvalue weighted by atomic mass is 10.3. The molecular formula is C8H5FO3S. The summed E-state index contributed by atoms with van der Waals surface area (Å²) in [6, 6.07) is 5.39. The molecule has 0 fully saturated rings. The molecule has 1 aromatic carbocycles. The van der Waals surface area contributed by atoms with Gasteiger partial charge >= 0.3 is 10.2 Å². The van der Waals surface area contributed by atoms with Crippen LogP contribution in [0.1, 0.15) is 0 Å². The molecule has 0 saturated carbocycles. The summed E-state index contributed by atoms with van der Waals surface area (Å²) in [5.41, 5.74) is 0.535. The zero-order chi connectivity index (χ0) is 9.47. The molecule has 0 unspecified atom stereocenters. The van der Waals surface area contributed by atoms with Crippen LogP contribution >= 0.6 is 0 Å². The second-order valence-electron chi connectivity index (χ2n) is 2.56. The topological polar surface area (TPSA) is 47.3 Å². The van der Waals surface area contributed by atoms with Gasteiger partial charge in [0.1, 0.15) is 5.58 Å². The Hall–Kier alpha value is -1.36. The third-order valence-corrected chi connectivity index (χ3v) is 2.52. The van der Waals surface area contributed by atoms with Crippen molar-refractivity contribution in [3.8, 4) is 0 Å². The molecule has 13 heavy (non-hydrogen) atoms. The van der Waals surface area contributed by atoms with Gasteiger partial charge in [0.2, 0.25) is 0 Å². The van der Waals surface area contributed by atoms with Gasteiger partial charge in [0.15, 0.2) is 0 Å². The van der Waals surface area contributed by atoms with Crippen LogP contribution in [0.15, 0.2) is 39.8 Å². The standard InChI is InChI=1S/C8H5FO3S/c9-13(10,11)7-1-2-8-6(5-7)3-4-12-8/h1-5H. The first kappa shape index (κ1) is 8.25. The first-order chi connectivity index (χ1) is 6.07. The van der Waals surface area contributed by atoms with Gasteiger partial charge < -0.3 is 4.42 Å². The summed E-state index contributed by atoms with van der Waals surface area (Å²) in [5, 5.41) is 0.568. The molecule has 3 nitrogen and oxygen atoms in total. The summed E-state index contributed by atoms with van der Waals surface area (Å²) >= 11 is 0. The number of fused-ring (bicyclic) bond motifs is 1. The molecule has 0 bridgehead atoms. The highest BCUT2D eigenvalue weighted by atomic mass is 32.3. The van der Waals surface area contributed by atoms with Crippen molar-refractivity contribution in [2.75, 3.05) is 0 Å². The summed E-state index contributed by atoms with van der Waals surface area (Å²) in [6.07, 6.45) is 1.42. The predicted octanol–water partition coefficient (Wildman–Crippen LogP) is 2.09. The van der Waals surface area contributed by atoms with Crippen molar-refractivity contribution in [2.24, 2.45) is 0 Å². The molecule has 0 aliphatic heterocycles. The number of hydrogen-bond donors (Lipinski definition) is 0. The third-order valence-electron chi connectivity index (χ3n) is 1.71. The van der Waals surface area contributed by atoms with E-state index >= 15 is 0 Å². The summed E-state index contributed by atoms with van der Waals surface area (Å²) in [5.74, 6) is 0. The minimum absolute atomic E-state index is 0.346. The van der Waals surface area contributed by atoms with Crippen molar-refractivity contribution in [1.29, 1.82) is 0 Å². The fourth-order valence-electron chi connectivity index (χ4n) is 1.10. The van der Waals surface area contributed by atoms with E-state index in [2.05, 4.69) is 0 Å². The van der Waals surface area contributed by atoms with Crippen molar-refractivity contribution < 1.29 is 16.7 Å². The van der Waals surface area contributed by atoms with E-state index in [1.54, 1.807) is 6.07 Å². The molecule has 0 atom stereocenters. The van der Waals surface area contributed by atoms with Crippen LogP contribution in [0.4, 0.5) is 3.89 Å². The quantitative estimate of drug-likeness (QED) is 0.662. The molecule has 0 N–H and O–H groups in total. The van der Waals surface area contributed by atoms with Crippen LogP contribution in [0.25, 0.3) is 11.0 Å².